The lowest BCUT2D eigenvalue weighted by atomic mass is 10.1. The van der Waals surface area contributed by atoms with E-state index in [1.807, 2.05) is 68.1 Å². The van der Waals surface area contributed by atoms with E-state index in [4.69, 9.17) is 5.73 Å². The van der Waals surface area contributed by atoms with Crippen molar-refractivity contribution in [3.8, 4) is 0 Å². The Hall–Kier alpha value is -2.29. The predicted octanol–water partition coefficient (Wildman–Crippen LogP) is 3.55. The Morgan fingerprint density at radius 2 is 1.86 bits per heavy atom. The Morgan fingerprint density at radius 1 is 1.10 bits per heavy atom. The molecule has 1 amide bonds. The van der Waals surface area contributed by atoms with E-state index in [2.05, 4.69) is 0 Å². The summed E-state index contributed by atoms with van der Waals surface area (Å²) in [6.45, 7) is 7.31. The lowest BCUT2D eigenvalue weighted by Gasteiger charge is -2.21. The van der Waals surface area contributed by atoms with E-state index in [0.29, 0.717) is 13.1 Å². The van der Waals surface area contributed by atoms with Gasteiger partial charge >= 0.3 is 0 Å². The van der Waals surface area contributed by atoms with Gasteiger partial charge in [0.15, 0.2) is 0 Å². The van der Waals surface area contributed by atoms with E-state index >= 15 is 0 Å². The van der Waals surface area contributed by atoms with E-state index < -0.39 is 0 Å². The highest BCUT2D eigenvalue weighted by atomic mass is 16.2. The van der Waals surface area contributed by atoms with Crippen LogP contribution in [0.15, 0.2) is 42.5 Å². The summed E-state index contributed by atoms with van der Waals surface area (Å²) in [5, 5.41) is 0. The fraction of sp³-hybridized carbons (Fsp3) is 0.278. The fourth-order valence-corrected chi connectivity index (χ4v) is 2.30. The zero-order valence-electron chi connectivity index (χ0n) is 12.9. The summed E-state index contributed by atoms with van der Waals surface area (Å²) in [7, 11) is 0. The molecule has 2 aromatic carbocycles. The largest absolute Gasteiger partial charge is 0.399 e. The van der Waals surface area contributed by atoms with Gasteiger partial charge in [0.2, 0.25) is 0 Å². The molecule has 3 heteroatoms. The second-order valence-corrected chi connectivity index (χ2v) is 5.36. The lowest BCUT2D eigenvalue weighted by molar-refractivity contribution is 0.0752. The van der Waals surface area contributed by atoms with Crippen LogP contribution in [-0.2, 0) is 6.54 Å². The minimum absolute atomic E-state index is 0.0584. The molecule has 0 aliphatic heterocycles. The predicted molar refractivity (Wildman–Crippen MR) is 87.2 cm³/mol. The Morgan fingerprint density at radius 3 is 2.48 bits per heavy atom. The molecule has 0 saturated carbocycles. The molecule has 3 nitrogen and oxygen atoms in total. The van der Waals surface area contributed by atoms with Crippen molar-refractivity contribution in [2.75, 3.05) is 12.3 Å². The van der Waals surface area contributed by atoms with E-state index in [0.717, 1.165) is 22.4 Å². The second-order valence-electron chi connectivity index (χ2n) is 5.36. The molecule has 0 fully saturated rings. The highest BCUT2D eigenvalue weighted by Crippen LogP contribution is 2.15. The molecule has 0 heterocycles. The standard InChI is InChI=1S/C18H22N2O/c1-4-20(12-15-6-5-7-17(19)11-15)18(21)16-9-8-13(2)14(3)10-16/h5-11H,4,12,19H2,1-3H3. The van der Waals surface area contributed by atoms with Gasteiger partial charge in [-0.05, 0) is 61.7 Å². The van der Waals surface area contributed by atoms with Crippen LogP contribution in [0.5, 0.6) is 0 Å². The van der Waals surface area contributed by atoms with Gasteiger partial charge in [-0.3, -0.25) is 4.79 Å². The third kappa shape index (κ3) is 3.63. The van der Waals surface area contributed by atoms with Crippen molar-refractivity contribution in [3.05, 3.63) is 64.7 Å². The summed E-state index contributed by atoms with van der Waals surface area (Å²) < 4.78 is 0. The normalized spacial score (nSPS) is 10.4. The van der Waals surface area contributed by atoms with Crippen molar-refractivity contribution in [1.29, 1.82) is 0 Å². The maximum atomic E-state index is 12.6. The number of hydrogen-bond donors (Lipinski definition) is 1. The molecule has 2 rings (SSSR count). The van der Waals surface area contributed by atoms with Crippen LogP contribution in [0.1, 0.15) is 34.0 Å². The first kappa shape index (κ1) is 15.1. The molecule has 0 saturated heterocycles. The van der Waals surface area contributed by atoms with Gasteiger partial charge in [0.05, 0.1) is 0 Å². The van der Waals surface area contributed by atoms with Crippen molar-refractivity contribution in [2.45, 2.75) is 27.3 Å². The van der Waals surface area contributed by atoms with Gasteiger partial charge in [0.1, 0.15) is 0 Å². The molecule has 0 aliphatic rings. The molecule has 0 unspecified atom stereocenters. The zero-order valence-corrected chi connectivity index (χ0v) is 12.9. The Kier molecular flexibility index (Phi) is 4.63. The number of nitrogen functional groups attached to an aromatic ring is 1. The van der Waals surface area contributed by atoms with Crippen LogP contribution >= 0.6 is 0 Å². The van der Waals surface area contributed by atoms with Gasteiger partial charge < -0.3 is 10.6 Å². The molecule has 0 radical (unpaired) electrons. The molecule has 2 N–H and O–H groups in total. The first-order valence-corrected chi connectivity index (χ1v) is 7.22. The maximum absolute atomic E-state index is 12.6. The number of amides is 1. The van der Waals surface area contributed by atoms with Gasteiger partial charge in [0.25, 0.3) is 5.91 Å². The smallest absolute Gasteiger partial charge is 0.254 e. The van der Waals surface area contributed by atoms with Gasteiger partial charge in [-0.15, -0.1) is 0 Å². The Labute approximate surface area is 126 Å². The Balaban J connectivity index is 2.20. The monoisotopic (exact) mass is 282 g/mol. The molecule has 21 heavy (non-hydrogen) atoms. The number of rotatable bonds is 4. The molecule has 2 aromatic rings. The topological polar surface area (TPSA) is 46.3 Å². The van der Waals surface area contributed by atoms with E-state index in [1.54, 1.807) is 0 Å². The second kappa shape index (κ2) is 6.44. The highest BCUT2D eigenvalue weighted by Gasteiger charge is 2.15. The first-order valence-electron chi connectivity index (χ1n) is 7.22. The van der Waals surface area contributed by atoms with Crippen molar-refractivity contribution in [1.82, 2.24) is 4.90 Å². The van der Waals surface area contributed by atoms with Crippen LogP contribution in [0.4, 0.5) is 5.69 Å². The minimum atomic E-state index is 0.0584. The molecule has 0 aromatic heterocycles. The highest BCUT2D eigenvalue weighted by molar-refractivity contribution is 5.94. The van der Waals surface area contributed by atoms with Crippen LogP contribution in [-0.4, -0.2) is 17.4 Å². The number of carbonyl (C=O) groups excluding carboxylic acids is 1. The molecular formula is C18H22N2O. The number of aryl methyl sites for hydroxylation is 2. The zero-order chi connectivity index (χ0) is 15.4. The van der Waals surface area contributed by atoms with E-state index in [-0.39, 0.29) is 5.91 Å². The molecular weight excluding hydrogens is 260 g/mol. The lowest BCUT2D eigenvalue weighted by Crippen LogP contribution is -2.30. The molecule has 110 valence electrons. The van der Waals surface area contributed by atoms with Gasteiger partial charge in [-0.1, -0.05) is 18.2 Å². The number of nitrogens with zero attached hydrogens (tertiary/aromatic N) is 1. The summed E-state index contributed by atoms with van der Waals surface area (Å²) in [5.41, 5.74) is 10.6. The van der Waals surface area contributed by atoms with Gasteiger partial charge in [0, 0.05) is 24.3 Å². The average Bonchev–Trinajstić information content (AvgIpc) is 2.47. The number of hydrogen-bond acceptors (Lipinski definition) is 2. The summed E-state index contributed by atoms with van der Waals surface area (Å²) in [4.78, 5) is 14.5. The van der Waals surface area contributed by atoms with Gasteiger partial charge in [-0.2, -0.15) is 0 Å². The SMILES string of the molecule is CCN(Cc1cccc(N)c1)C(=O)c1ccc(C)c(C)c1. The first-order chi connectivity index (χ1) is 10.0. The van der Waals surface area contributed by atoms with E-state index in [9.17, 15) is 4.79 Å². The summed E-state index contributed by atoms with van der Waals surface area (Å²) in [5.74, 6) is 0.0584. The summed E-state index contributed by atoms with van der Waals surface area (Å²) >= 11 is 0. The third-order valence-corrected chi connectivity index (χ3v) is 3.75. The van der Waals surface area contributed by atoms with Crippen LogP contribution in [0.25, 0.3) is 0 Å². The van der Waals surface area contributed by atoms with Crippen molar-refractivity contribution in [3.63, 3.8) is 0 Å². The third-order valence-electron chi connectivity index (χ3n) is 3.75. The maximum Gasteiger partial charge on any atom is 0.254 e. The van der Waals surface area contributed by atoms with Crippen molar-refractivity contribution in [2.24, 2.45) is 0 Å². The minimum Gasteiger partial charge on any atom is -0.399 e. The number of nitrogens with two attached hydrogens (primary N) is 1. The molecule has 0 aliphatic carbocycles. The summed E-state index contributed by atoms with van der Waals surface area (Å²) in [6, 6.07) is 13.5. The number of benzene rings is 2. The fourth-order valence-electron chi connectivity index (χ4n) is 2.30. The number of carbonyl (C=O) groups is 1. The number of anilines is 1. The van der Waals surface area contributed by atoms with Crippen LogP contribution < -0.4 is 5.73 Å². The van der Waals surface area contributed by atoms with Crippen molar-refractivity contribution >= 4 is 11.6 Å². The van der Waals surface area contributed by atoms with Crippen LogP contribution in [0, 0.1) is 13.8 Å². The van der Waals surface area contributed by atoms with Crippen LogP contribution in [0.2, 0.25) is 0 Å². The Bertz CT molecular complexity index is 649. The average molecular weight is 282 g/mol. The molecule has 0 atom stereocenters. The van der Waals surface area contributed by atoms with E-state index in [1.165, 1.54) is 5.56 Å². The van der Waals surface area contributed by atoms with Crippen LogP contribution in [0.3, 0.4) is 0 Å². The summed E-state index contributed by atoms with van der Waals surface area (Å²) in [6.07, 6.45) is 0. The van der Waals surface area contributed by atoms with Crippen molar-refractivity contribution < 1.29 is 4.79 Å². The molecule has 0 spiro atoms. The quantitative estimate of drug-likeness (QED) is 0.872. The molecule has 0 bridgehead atoms. The van der Waals surface area contributed by atoms with Gasteiger partial charge in [-0.25, -0.2) is 0 Å².